The zero-order valence-electron chi connectivity index (χ0n) is 23.8. The Morgan fingerprint density at radius 2 is 1.44 bits per heavy atom. The van der Waals surface area contributed by atoms with Crippen LogP contribution >= 0.6 is 0 Å². The summed E-state index contributed by atoms with van der Waals surface area (Å²) in [6.07, 6.45) is 1.92. The van der Waals surface area contributed by atoms with Crippen molar-refractivity contribution in [2.45, 2.75) is 37.1 Å². The summed E-state index contributed by atoms with van der Waals surface area (Å²) in [5.41, 5.74) is 0.717. The third kappa shape index (κ3) is 8.54. The summed E-state index contributed by atoms with van der Waals surface area (Å²) < 4.78 is 60.2. The highest BCUT2D eigenvalue weighted by Crippen LogP contribution is 2.33. The van der Waals surface area contributed by atoms with Gasteiger partial charge in [0.15, 0.2) is 19.7 Å². The van der Waals surface area contributed by atoms with Gasteiger partial charge in [-0.25, -0.2) is 16.8 Å². The van der Waals surface area contributed by atoms with Gasteiger partial charge in [-0.1, -0.05) is 30.3 Å². The van der Waals surface area contributed by atoms with Crippen LogP contribution in [0.15, 0.2) is 76.5 Å². The number of nitrogens with zero attached hydrogens (tertiary/aromatic N) is 1. The fourth-order valence-electron chi connectivity index (χ4n) is 3.78. The minimum absolute atomic E-state index is 0.145. The van der Waals surface area contributed by atoms with Crippen LogP contribution in [0, 0.1) is 5.41 Å². The quantitative estimate of drug-likeness (QED) is 0.269. The molecule has 3 aromatic rings. The first-order valence-electron chi connectivity index (χ1n) is 12.5. The highest BCUT2D eigenvalue weighted by atomic mass is 32.2. The van der Waals surface area contributed by atoms with Crippen molar-refractivity contribution >= 4 is 42.9 Å². The summed E-state index contributed by atoms with van der Waals surface area (Å²) in [7, 11) is -6.44. The molecule has 0 radical (unpaired) electrons. The Kier molecular flexibility index (Phi) is 9.50. The van der Waals surface area contributed by atoms with E-state index in [1.165, 1.54) is 7.11 Å². The smallest absolute Gasteiger partial charge is 0.316 e. The van der Waals surface area contributed by atoms with Crippen LogP contribution in [0.5, 0.6) is 11.5 Å². The second kappa shape index (κ2) is 12.3. The molecular weight excluding hydrogens is 568 g/mol. The predicted octanol–water partition coefficient (Wildman–Crippen LogP) is 4.10. The number of esters is 1. The maximum Gasteiger partial charge on any atom is 0.316 e. The topological polar surface area (TPSA) is 136 Å². The number of sulfone groups is 2. The van der Waals surface area contributed by atoms with Crippen LogP contribution < -0.4 is 19.7 Å². The fourth-order valence-corrected chi connectivity index (χ4v) is 5.45. The number of nitrogens with one attached hydrogen (secondary N) is 1. The molecule has 220 valence electrons. The molecule has 1 N–H and O–H groups in total. The van der Waals surface area contributed by atoms with E-state index in [1.807, 2.05) is 30.3 Å². The van der Waals surface area contributed by atoms with Gasteiger partial charge in [-0.3, -0.25) is 9.59 Å². The number of anilines is 2. The van der Waals surface area contributed by atoms with Crippen molar-refractivity contribution in [1.82, 2.24) is 0 Å². The van der Waals surface area contributed by atoms with Gasteiger partial charge in [0, 0.05) is 30.8 Å². The number of benzene rings is 3. The molecule has 41 heavy (non-hydrogen) atoms. The van der Waals surface area contributed by atoms with Crippen molar-refractivity contribution < 1.29 is 35.9 Å². The molecule has 3 rings (SSSR count). The fraction of sp³-hybridized carbons (Fsp3) is 0.310. The van der Waals surface area contributed by atoms with Crippen LogP contribution in [0.2, 0.25) is 0 Å². The Labute approximate surface area is 241 Å². The molecule has 12 heteroatoms. The molecule has 0 aliphatic carbocycles. The molecule has 0 saturated carbocycles. The van der Waals surface area contributed by atoms with Crippen molar-refractivity contribution in [2.24, 2.45) is 5.41 Å². The summed E-state index contributed by atoms with van der Waals surface area (Å²) in [4.78, 5) is 26.7. The molecule has 0 atom stereocenters. The lowest BCUT2D eigenvalue weighted by Gasteiger charge is -2.25. The average Bonchev–Trinajstić information content (AvgIpc) is 2.88. The van der Waals surface area contributed by atoms with Crippen LogP contribution in [0.3, 0.4) is 0 Å². The zero-order valence-corrected chi connectivity index (χ0v) is 25.4. The van der Waals surface area contributed by atoms with Crippen molar-refractivity contribution in [3.63, 3.8) is 0 Å². The molecular formula is C29H34N2O8S2. The molecule has 0 unspecified atom stereocenters. The van der Waals surface area contributed by atoms with E-state index >= 15 is 0 Å². The van der Waals surface area contributed by atoms with Crippen LogP contribution in [0.25, 0.3) is 0 Å². The Morgan fingerprint density at radius 1 is 0.854 bits per heavy atom. The van der Waals surface area contributed by atoms with E-state index < -0.39 is 31.0 Å². The number of carbonyl (C=O) groups is 2. The minimum atomic E-state index is -3.86. The van der Waals surface area contributed by atoms with Gasteiger partial charge in [0.2, 0.25) is 5.91 Å². The molecule has 0 aliphatic heterocycles. The second-order valence-electron chi connectivity index (χ2n) is 10.6. The van der Waals surface area contributed by atoms with Gasteiger partial charge in [-0.2, -0.15) is 0 Å². The lowest BCUT2D eigenvalue weighted by molar-refractivity contribution is -0.143. The number of methoxy groups -OCH3 is 1. The van der Waals surface area contributed by atoms with E-state index in [2.05, 4.69) is 5.32 Å². The summed E-state index contributed by atoms with van der Waals surface area (Å²) in [6.45, 7) is 5.40. The summed E-state index contributed by atoms with van der Waals surface area (Å²) in [5, 5.41) is 2.57. The molecule has 0 aliphatic rings. The monoisotopic (exact) mass is 602 g/mol. The number of amides is 1. The normalized spacial score (nSPS) is 12.0. The first-order valence-corrected chi connectivity index (χ1v) is 16.3. The molecule has 0 saturated heterocycles. The standard InChI is InChI=1S/C29H34N2O8S2/c1-29(2,3)28(33)39-22-14-12-20(13-15-22)18-31(21-10-8-7-9-11-21)19-27(32)30-23-16-26(41(6,36)37)24(38-4)17-25(23)40(5,34)35/h7-17H,18-19H2,1-6H3,(H,30,32). The number of ether oxygens (including phenoxy) is 2. The Morgan fingerprint density at radius 3 is 1.95 bits per heavy atom. The third-order valence-corrected chi connectivity index (χ3v) is 8.17. The van der Waals surface area contributed by atoms with Crippen molar-refractivity contribution in [3.05, 3.63) is 72.3 Å². The zero-order chi connectivity index (χ0) is 30.6. The highest BCUT2D eigenvalue weighted by molar-refractivity contribution is 7.91. The van der Waals surface area contributed by atoms with Gasteiger partial charge in [0.05, 0.1) is 29.7 Å². The Balaban J connectivity index is 1.89. The predicted molar refractivity (Wildman–Crippen MR) is 157 cm³/mol. The van der Waals surface area contributed by atoms with E-state index in [-0.39, 0.29) is 33.7 Å². The van der Waals surface area contributed by atoms with E-state index in [4.69, 9.17) is 9.47 Å². The first-order chi connectivity index (χ1) is 19.0. The maximum atomic E-state index is 13.3. The summed E-state index contributed by atoms with van der Waals surface area (Å²) in [5.74, 6) is -0.682. The highest BCUT2D eigenvalue weighted by Gasteiger charge is 2.25. The molecule has 0 fully saturated rings. The number of carbonyl (C=O) groups excluding carboxylic acids is 2. The van der Waals surface area contributed by atoms with Gasteiger partial charge in [-0.15, -0.1) is 0 Å². The van der Waals surface area contributed by atoms with Crippen LogP contribution in [0.4, 0.5) is 11.4 Å². The van der Waals surface area contributed by atoms with Gasteiger partial charge >= 0.3 is 5.97 Å². The average molecular weight is 603 g/mol. The lowest BCUT2D eigenvalue weighted by Crippen LogP contribution is -2.33. The third-order valence-electron chi connectivity index (χ3n) is 5.91. The minimum Gasteiger partial charge on any atom is -0.495 e. The van der Waals surface area contributed by atoms with Gasteiger partial charge in [0.1, 0.15) is 16.4 Å². The van der Waals surface area contributed by atoms with Gasteiger partial charge in [0.25, 0.3) is 0 Å². The van der Waals surface area contributed by atoms with E-state index in [9.17, 15) is 26.4 Å². The molecule has 1 amide bonds. The molecule has 0 heterocycles. The maximum absolute atomic E-state index is 13.3. The Bertz CT molecular complexity index is 1630. The Hall–Kier alpha value is -3.90. The first kappa shape index (κ1) is 31.6. The lowest BCUT2D eigenvalue weighted by atomic mass is 9.97. The van der Waals surface area contributed by atoms with Crippen molar-refractivity contribution in [2.75, 3.05) is 36.4 Å². The van der Waals surface area contributed by atoms with Gasteiger partial charge in [-0.05, 0) is 56.7 Å². The van der Waals surface area contributed by atoms with Gasteiger partial charge < -0.3 is 19.7 Å². The number of para-hydroxylation sites is 1. The second-order valence-corrected chi connectivity index (χ2v) is 14.5. The van der Waals surface area contributed by atoms with E-state index in [1.54, 1.807) is 49.9 Å². The van der Waals surface area contributed by atoms with E-state index in [0.29, 0.717) is 12.3 Å². The largest absolute Gasteiger partial charge is 0.495 e. The number of hydrogen-bond donors (Lipinski definition) is 1. The number of rotatable bonds is 10. The molecule has 10 nitrogen and oxygen atoms in total. The van der Waals surface area contributed by atoms with Crippen LogP contribution in [0.1, 0.15) is 26.3 Å². The van der Waals surface area contributed by atoms with Crippen LogP contribution in [-0.2, 0) is 35.8 Å². The number of hydrogen-bond acceptors (Lipinski definition) is 9. The van der Waals surface area contributed by atoms with Crippen LogP contribution in [-0.4, -0.2) is 54.9 Å². The molecule has 0 spiro atoms. The van der Waals surface area contributed by atoms with Crippen molar-refractivity contribution in [1.29, 1.82) is 0 Å². The molecule has 3 aromatic carbocycles. The summed E-state index contributed by atoms with van der Waals surface area (Å²) in [6, 6.07) is 18.2. The van der Waals surface area contributed by atoms with E-state index in [0.717, 1.165) is 35.9 Å². The molecule has 0 aromatic heterocycles. The van der Waals surface area contributed by atoms with Crippen molar-refractivity contribution in [3.8, 4) is 11.5 Å². The SMILES string of the molecule is COc1cc(S(C)(=O)=O)c(NC(=O)CN(Cc2ccc(OC(=O)C(C)(C)C)cc2)c2ccccc2)cc1S(C)(=O)=O. The summed E-state index contributed by atoms with van der Waals surface area (Å²) >= 11 is 0. The molecule has 0 bridgehead atoms.